The smallest absolute Gasteiger partial charge is 0.245 e. The van der Waals surface area contributed by atoms with E-state index in [9.17, 15) is 0 Å². The summed E-state index contributed by atoms with van der Waals surface area (Å²) >= 11 is 0. The van der Waals surface area contributed by atoms with E-state index < -0.39 is 0 Å². The lowest BCUT2D eigenvalue weighted by Crippen LogP contribution is -2.38. The monoisotopic (exact) mass is 181 g/mol. The van der Waals surface area contributed by atoms with Gasteiger partial charge in [-0.15, -0.1) is 0 Å². The highest BCUT2D eigenvalue weighted by atomic mass is 15.2. The van der Waals surface area contributed by atoms with E-state index in [1.54, 1.807) is 0 Å². The molecule has 0 bridgehead atoms. The quantitative estimate of drug-likeness (QED) is 0.655. The van der Waals surface area contributed by atoms with Gasteiger partial charge < -0.3 is 10.2 Å². The van der Waals surface area contributed by atoms with Gasteiger partial charge in [0.25, 0.3) is 0 Å². The van der Waals surface area contributed by atoms with Gasteiger partial charge >= 0.3 is 0 Å². The van der Waals surface area contributed by atoms with Crippen LogP contribution in [0.4, 0.5) is 0 Å². The van der Waals surface area contributed by atoms with Gasteiger partial charge in [0.2, 0.25) is 6.33 Å². The maximum absolute atomic E-state index is 2.95. The Morgan fingerprint density at radius 2 is 2.38 bits per heavy atom. The average molecular weight is 181 g/mol. The summed E-state index contributed by atoms with van der Waals surface area (Å²) in [6, 6.07) is 0. The van der Waals surface area contributed by atoms with Crippen molar-refractivity contribution in [2.75, 3.05) is 14.1 Å². The SMILES string of the molecule is CN/C=C\N(C)C[n+]1ccn(C)c1. The van der Waals surface area contributed by atoms with Crippen molar-refractivity contribution in [2.45, 2.75) is 6.67 Å². The fourth-order valence-electron chi connectivity index (χ4n) is 1.09. The predicted octanol–water partition coefficient (Wildman–Crippen LogP) is -0.107. The van der Waals surface area contributed by atoms with E-state index in [4.69, 9.17) is 0 Å². The standard InChI is InChI=1S/C9H17N4/c1-10-4-5-11(2)8-13-7-6-12(3)9-13/h4-7,9-10H,8H2,1-3H3/q+1/b5-4-. The summed E-state index contributed by atoms with van der Waals surface area (Å²) in [5, 5.41) is 2.95. The molecule has 0 saturated heterocycles. The molecular formula is C9H17N4+. The summed E-state index contributed by atoms with van der Waals surface area (Å²) in [5.74, 6) is 0. The Kier molecular flexibility index (Phi) is 3.37. The Hall–Kier alpha value is -1.45. The molecule has 0 atom stereocenters. The molecule has 1 rings (SSSR count). The van der Waals surface area contributed by atoms with Gasteiger partial charge in [-0.3, -0.25) is 0 Å². The molecule has 0 amide bonds. The molecule has 1 heterocycles. The first-order chi connectivity index (χ1) is 6.22. The minimum absolute atomic E-state index is 0.860. The second-order valence-corrected chi connectivity index (χ2v) is 3.10. The van der Waals surface area contributed by atoms with Crippen LogP contribution < -0.4 is 9.88 Å². The number of aromatic nitrogens is 2. The number of hydrogen-bond acceptors (Lipinski definition) is 2. The van der Waals surface area contributed by atoms with Crippen LogP contribution in [0.5, 0.6) is 0 Å². The van der Waals surface area contributed by atoms with Crippen molar-refractivity contribution in [1.82, 2.24) is 14.8 Å². The van der Waals surface area contributed by atoms with Crippen molar-refractivity contribution in [2.24, 2.45) is 7.05 Å². The molecule has 72 valence electrons. The van der Waals surface area contributed by atoms with Gasteiger partial charge in [-0.2, -0.15) is 0 Å². The number of nitrogens with zero attached hydrogens (tertiary/aromatic N) is 3. The third-order valence-electron chi connectivity index (χ3n) is 1.71. The van der Waals surface area contributed by atoms with Crippen molar-refractivity contribution >= 4 is 0 Å². The van der Waals surface area contributed by atoms with Gasteiger partial charge in [-0.25, -0.2) is 9.13 Å². The van der Waals surface area contributed by atoms with Gasteiger partial charge in [0.15, 0.2) is 6.67 Å². The van der Waals surface area contributed by atoms with Crippen molar-refractivity contribution in [3.05, 3.63) is 31.1 Å². The topological polar surface area (TPSA) is 24.1 Å². The normalized spacial score (nSPS) is 10.7. The number of aryl methyl sites for hydroxylation is 1. The number of hydrogen-bond donors (Lipinski definition) is 1. The maximum Gasteiger partial charge on any atom is 0.245 e. The van der Waals surface area contributed by atoms with Gasteiger partial charge in [0, 0.05) is 26.5 Å². The van der Waals surface area contributed by atoms with E-state index in [2.05, 4.69) is 14.8 Å². The first kappa shape index (κ1) is 9.64. The van der Waals surface area contributed by atoms with Crippen molar-refractivity contribution in [3.8, 4) is 0 Å². The van der Waals surface area contributed by atoms with Gasteiger partial charge in [-0.05, 0) is 0 Å². The molecule has 0 aliphatic carbocycles. The summed E-state index contributed by atoms with van der Waals surface area (Å²) < 4.78 is 4.13. The Morgan fingerprint density at radius 1 is 1.62 bits per heavy atom. The second-order valence-electron chi connectivity index (χ2n) is 3.10. The Balaban J connectivity index is 2.44. The fourth-order valence-corrected chi connectivity index (χ4v) is 1.09. The summed E-state index contributed by atoms with van der Waals surface area (Å²) in [6.45, 7) is 0.860. The van der Waals surface area contributed by atoms with E-state index in [1.165, 1.54) is 0 Å². The molecule has 0 fully saturated rings. The lowest BCUT2D eigenvalue weighted by atomic mass is 10.7. The molecular weight excluding hydrogens is 164 g/mol. The lowest BCUT2D eigenvalue weighted by Gasteiger charge is -2.09. The summed E-state index contributed by atoms with van der Waals surface area (Å²) in [7, 11) is 5.94. The largest absolute Gasteiger partial charge is 0.393 e. The minimum Gasteiger partial charge on any atom is -0.393 e. The van der Waals surface area contributed by atoms with E-state index in [0.717, 1.165) is 6.67 Å². The van der Waals surface area contributed by atoms with Gasteiger partial charge in [0.1, 0.15) is 12.4 Å². The Bertz CT molecular complexity index is 277. The molecule has 0 aromatic carbocycles. The molecule has 0 saturated carbocycles. The Morgan fingerprint density at radius 3 is 2.92 bits per heavy atom. The molecule has 0 aliphatic rings. The average Bonchev–Trinajstić information content (AvgIpc) is 2.48. The molecule has 1 N–H and O–H groups in total. The summed E-state index contributed by atoms with van der Waals surface area (Å²) in [6.07, 6.45) is 10.0. The van der Waals surface area contributed by atoms with E-state index in [1.807, 2.05) is 56.8 Å². The predicted molar refractivity (Wildman–Crippen MR) is 51.6 cm³/mol. The van der Waals surface area contributed by atoms with Crippen LogP contribution in [-0.2, 0) is 13.7 Å². The second kappa shape index (κ2) is 4.54. The van der Waals surface area contributed by atoms with E-state index in [0.29, 0.717) is 0 Å². The molecule has 1 aromatic rings. The minimum atomic E-state index is 0.860. The number of imidazole rings is 1. The highest BCUT2D eigenvalue weighted by molar-refractivity contribution is 4.74. The lowest BCUT2D eigenvalue weighted by molar-refractivity contribution is -0.712. The van der Waals surface area contributed by atoms with Crippen LogP contribution in [0, 0.1) is 0 Å². The molecule has 4 heteroatoms. The molecule has 4 nitrogen and oxygen atoms in total. The van der Waals surface area contributed by atoms with Crippen LogP contribution in [-0.4, -0.2) is 23.6 Å². The van der Waals surface area contributed by atoms with E-state index >= 15 is 0 Å². The molecule has 1 aromatic heterocycles. The van der Waals surface area contributed by atoms with Crippen molar-refractivity contribution < 1.29 is 4.57 Å². The zero-order valence-electron chi connectivity index (χ0n) is 8.44. The molecule has 0 spiro atoms. The first-order valence-electron chi connectivity index (χ1n) is 4.27. The highest BCUT2D eigenvalue weighted by Crippen LogP contribution is 1.83. The fraction of sp³-hybridized carbons (Fsp3) is 0.444. The van der Waals surface area contributed by atoms with Gasteiger partial charge in [0.05, 0.1) is 7.05 Å². The highest BCUT2D eigenvalue weighted by Gasteiger charge is 2.00. The molecule has 13 heavy (non-hydrogen) atoms. The zero-order chi connectivity index (χ0) is 9.68. The van der Waals surface area contributed by atoms with Crippen molar-refractivity contribution in [3.63, 3.8) is 0 Å². The van der Waals surface area contributed by atoms with Crippen LogP contribution in [0.3, 0.4) is 0 Å². The zero-order valence-corrected chi connectivity index (χ0v) is 8.44. The van der Waals surface area contributed by atoms with Crippen LogP contribution in [0.1, 0.15) is 0 Å². The van der Waals surface area contributed by atoms with E-state index in [-0.39, 0.29) is 0 Å². The van der Waals surface area contributed by atoms with Gasteiger partial charge in [-0.1, -0.05) is 0 Å². The molecule has 0 unspecified atom stereocenters. The summed E-state index contributed by atoms with van der Waals surface area (Å²) in [5.41, 5.74) is 0. The van der Waals surface area contributed by atoms with Crippen LogP contribution >= 0.6 is 0 Å². The molecule has 0 radical (unpaired) electrons. The van der Waals surface area contributed by atoms with Crippen LogP contribution in [0.2, 0.25) is 0 Å². The third kappa shape index (κ3) is 3.19. The number of rotatable bonds is 4. The summed E-state index contributed by atoms with van der Waals surface area (Å²) in [4.78, 5) is 2.09. The first-order valence-corrected chi connectivity index (χ1v) is 4.27. The maximum atomic E-state index is 2.95. The third-order valence-corrected chi connectivity index (χ3v) is 1.71. The van der Waals surface area contributed by atoms with Crippen LogP contribution in [0.15, 0.2) is 31.1 Å². The number of nitrogens with one attached hydrogen (secondary N) is 1. The van der Waals surface area contributed by atoms with Crippen molar-refractivity contribution in [1.29, 1.82) is 0 Å². The Labute approximate surface area is 79.1 Å². The molecule has 0 aliphatic heterocycles. The van der Waals surface area contributed by atoms with Crippen LogP contribution in [0.25, 0.3) is 0 Å².